The molecule has 3 unspecified atom stereocenters. The highest BCUT2D eigenvalue weighted by atomic mass is 127. The van der Waals surface area contributed by atoms with E-state index < -0.39 is 0 Å². The van der Waals surface area contributed by atoms with Gasteiger partial charge in [0.15, 0.2) is 5.96 Å². The molecule has 1 saturated heterocycles. The molecule has 1 saturated carbocycles. The molecule has 0 aromatic rings. The third-order valence-electron chi connectivity index (χ3n) is 6.17. The summed E-state index contributed by atoms with van der Waals surface area (Å²) in [5.41, 5.74) is 0.0168. The van der Waals surface area contributed by atoms with Gasteiger partial charge in [0.25, 0.3) is 0 Å². The molecule has 2 fully saturated rings. The van der Waals surface area contributed by atoms with Crippen LogP contribution in [0.2, 0.25) is 0 Å². The number of hydrogen-bond donors (Lipinski definition) is 2. The van der Waals surface area contributed by atoms with Crippen molar-refractivity contribution in [3.05, 3.63) is 0 Å². The second kappa shape index (κ2) is 10.4. The maximum Gasteiger partial charge on any atom is 0.191 e. The van der Waals surface area contributed by atoms with Crippen molar-refractivity contribution in [2.75, 3.05) is 53.0 Å². The lowest BCUT2D eigenvalue weighted by Gasteiger charge is -2.59. The molecule has 0 radical (unpaired) electrons. The summed E-state index contributed by atoms with van der Waals surface area (Å²) in [7, 11) is 1.81. The molecule has 6 nitrogen and oxygen atoms in total. The number of nitrogens with one attached hydrogen (secondary N) is 2. The van der Waals surface area contributed by atoms with Crippen molar-refractivity contribution in [2.45, 2.75) is 52.7 Å². The molecular weight excluding hydrogens is 443 g/mol. The molecule has 2 aliphatic rings. The summed E-state index contributed by atoms with van der Waals surface area (Å²) in [6.07, 6.45) is 1.00. The average Bonchev–Trinajstić information content (AvgIpc) is 2.59. The monoisotopic (exact) mass is 482 g/mol. The molecule has 0 amide bonds. The highest BCUT2D eigenvalue weighted by Gasteiger charge is 2.58. The second-order valence-electron chi connectivity index (χ2n) is 8.30. The molecule has 0 aromatic carbocycles. The van der Waals surface area contributed by atoms with Gasteiger partial charge in [-0.1, -0.05) is 20.8 Å². The average molecular weight is 482 g/mol. The number of hydrogen-bond acceptors (Lipinski definition) is 4. The Bertz CT molecular complexity index is 455. The summed E-state index contributed by atoms with van der Waals surface area (Å²) >= 11 is 0. The van der Waals surface area contributed by atoms with Crippen LogP contribution in [0.15, 0.2) is 4.99 Å². The molecule has 2 rings (SSSR count). The minimum atomic E-state index is -0.0639. The zero-order chi connectivity index (χ0) is 18.5. The third-order valence-corrected chi connectivity index (χ3v) is 6.17. The first-order valence-corrected chi connectivity index (χ1v) is 9.72. The fourth-order valence-corrected chi connectivity index (χ4v) is 3.74. The van der Waals surface area contributed by atoms with Gasteiger partial charge in [-0.15, -0.1) is 24.0 Å². The van der Waals surface area contributed by atoms with Crippen LogP contribution in [-0.4, -0.2) is 75.5 Å². The number of methoxy groups -OCH3 is 1. The predicted octanol–water partition coefficient (Wildman–Crippen LogP) is 2.33. The van der Waals surface area contributed by atoms with Crippen molar-refractivity contribution in [1.82, 2.24) is 15.5 Å². The molecule has 1 aliphatic carbocycles. The summed E-state index contributed by atoms with van der Waals surface area (Å²) in [5.74, 6) is 1.46. The maximum absolute atomic E-state index is 5.73. The van der Waals surface area contributed by atoms with E-state index in [4.69, 9.17) is 14.5 Å². The molecular formula is C19H39IN4O2. The van der Waals surface area contributed by atoms with Crippen LogP contribution in [0.3, 0.4) is 0 Å². The van der Waals surface area contributed by atoms with Gasteiger partial charge in [0.2, 0.25) is 0 Å². The van der Waals surface area contributed by atoms with Gasteiger partial charge < -0.3 is 20.1 Å². The highest BCUT2D eigenvalue weighted by Crippen LogP contribution is 2.51. The normalized spacial score (nSPS) is 30.1. The number of morpholine rings is 1. The summed E-state index contributed by atoms with van der Waals surface area (Å²) in [4.78, 5) is 7.31. The van der Waals surface area contributed by atoms with E-state index in [9.17, 15) is 0 Å². The van der Waals surface area contributed by atoms with Gasteiger partial charge in [-0.2, -0.15) is 0 Å². The van der Waals surface area contributed by atoms with Gasteiger partial charge in [-0.25, -0.2) is 0 Å². The van der Waals surface area contributed by atoms with Gasteiger partial charge in [0.05, 0.1) is 18.8 Å². The molecule has 3 atom stereocenters. The summed E-state index contributed by atoms with van der Waals surface area (Å²) in [5, 5.41) is 7.01. The smallest absolute Gasteiger partial charge is 0.191 e. The van der Waals surface area contributed by atoms with E-state index in [0.29, 0.717) is 12.0 Å². The van der Waals surface area contributed by atoms with Crippen molar-refractivity contribution < 1.29 is 9.47 Å². The number of aliphatic imine (C=N–C) groups is 1. The molecule has 0 bridgehead atoms. The van der Waals surface area contributed by atoms with Crippen LogP contribution >= 0.6 is 24.0 Å². The Hall–Kier alpha value is -0.120. The Morgan fingerprint density at radius 2 is 1.96 bits per heavy atom. The fourth-order valence-electron chi connectivity index (χ4n) is 3.74. The van der Waals surface area contributed by atoms with E-state index >= 15 is 0 Å². The van der Waals surface area contributed by atoms with E-state index in [1.807, 2.05) is 7.11 Å². The fraction of sp³-hybridized carbons (Fsp3) is 0.947. The Balaban J connectivity index is 0.00000338. The van der Waals surface area contributed by atoms with Gasteiger partial charge in [-0.3, -0.25) is 9.89 Å². The standard InChI is InChI=1S/C19H38N4O2.HI/c1-7-20-17(22-16-12-19(5,24-6)18(16,3)4)21-13-15(2)14-23-8-10-25-11-9-23;/h15-16H,7-14H2,1-6H3,(H2,20,21,22);1H. The van der Waals surface area contributed by atoms with E-state index in [1.165, 1.54) is 0 Å². The zero-order valence-corrected chi connectivity index (χ0v) is 19.8. The van der Waals surface area contributed by atoms with Gasteiger partial charge >= 0.3 is 0 Å². The van der Waals surface area contributed by atoms with E-state index in [1.54, 1.807) is 0 Å². The van der Waals surface area contributed by atoms with Crippen LogP contribution in [0.4, 0.5) is 0 Å². The minimum absolute atomic E-state index is 0. The number of halogens is 1. The van der Waals surface area contributed by atoms with Crippen molar-refractivity contribution in [3.8, 4) is 0 Å². The zero-order valence-electron chi connectivity index (χ0n) is 17.4. The maximum atomic E-state index is 5.73. The predicted molar refractivity (Wildman–Crippen MR) is 119 cm³/mol. The Morgan fingerprint density at radius 1 is 1.31 bits per heavy atom. The summed E-state index contributed by atoms with van der Waals surface area (Å²) < 4.78 is 11.1. The molecule has 7 heteroatoms. The van der Waals surface area contributed by atoms with Gasteiger partial charge in [0, 0.05) is 51.3 Å². The third kappa shape index (κ3) is 5.69. The summed E-state index contributed by atoms with van der Waals surface area (Å²) in [6, 6.07) is 0.379. The molecule has 0 aromatic heterocycles. The first kappa shape index (κ1) is 23.9. The van der Waals surface area contributed by atoms with Crippen molar-refractivity contribution in [2.24, 2.45) is 16.3 Å². The number of rotatable bonds is 7. The number of nitrogens with zero attached hydrogens (tertiary/aromatic N) is 2. The van der Waals surface area contributed by atoms with Crippen LogP contribution in [0.1, 0.15) is 41.0 Å². The number of ether oxygens (including phenoxy) is 2. The first-order chi connectivity index (χ1) is 11.8. The minimum Gasteiger partial charge on any atom is -0.379 e. The Kier molecular flexibility index (Phi) is 9.60. The lowest BCUT2D eigenvalue weighted by Crippen LogP contribution is -2.69. The largest absolute Gasteiger partial charge is 0.379 e. The molecule has 1 aliphatic heterocycles. The van der Waals surface area contributed by atoms with Crippen molar-refractivity contribution in [1.29, 1.82) is 0 Å². The highest BCUT2D eigenvalue weighted by molar-refractivity contribution is 14.0. The molecule has 2 N–H and O–H groups in total. The van der Waals surface area contributed by atoms with E-state index in [-0.39, 0.29) is 35.0 Å². The van der Waals surface area contributed by atoms with Gasteiger partial charge in [0.1, 0.15) is 0 Å². The van der Waals surface area contributed by atoms with Crippen LogP contribution in [-0.2, 0) is 9.47 Å². The first-order valence-electron chi connectivity index (χ1n) is 9.72. The quantitative estimate of drug-likeness (QED) is 0.332. The number of guanidine groups is 1. The van der Waals surface area contributed by atoms with Gasteiger partial charge in [-0.05, 0) is 26.2 Å². The summed E-state index contributed by atoms with van der Waals surface area (Å²) in [6.45, 7) is 17.7. The van der Waals surface area contributed by atoms with Crippen LogP contribution in [0, 0.1) is 11.3 Å². The Labute approximate surface area is 176 Å². The van der Waals surface area contributed by atoms with E-state index in [0.717, 1.165) is 58.3 Å². The second-order valence-corrected chi connectivity index (χ2v) is 8.30. The lowest BCUT2D eigenvalue weighted by atomic mass is 9.56. The molecule has 26 heavy (non-hydrogen) atoms. The molecule has 1 heterocycles. The van der Waals surface area contributed by atoms with Crippen molar-refractivity contribution >= 4 is 29.9 Å². The van der Waals surface area contributed by atoms with Crippen molar-refractivity contribution in [3.63, 3.8) is 0 Å². The van der Waals surface area contributed by atoms with E-state index in [2.05, 4.69) is 50.2 Å². The Morgan fingerprint density at radius 3 is 2.50 bits per heavy atom. The lowest BCUT2D eigenvalue weighted by molar-refractivity contribution is -0.176. The van der Waals surface area contributed by atoms with Crippen LogP contribution in [0.5, 0.6) is 0 Å². The SMILES string of the molecule is CCNC(=NCC(C)CN1CCOCC1)NC1CC(C)(OC)C1(C)C.I. The van der Waals surface area contributed by atoms with Crippen LogP contribution in [0.25, 0.3) is 0 Å². The van der Waals surface area contributed by atoms with Crippen LogP contribution < -0.4 is 10.6 Å². The molecule has 154 valence electrons. The topological polar surface area (TPSA) is 58.1 Å². The molecule has 0 spiro atoms.